The molecule has 1 aromatic carbocycles. The number of hydrogen-bond donors (Lipinski definition) is 0. The molecule has 0 amide bonds. The van der Waals surface area contributed by atoms with E-state index in [4.69, 9.17) is 4.74 Å². The number of pyridine rings is 1. The van der Waals surface area contributed by atoms with E-state index < -0.39 is 4.92 Å². The van der Waals surface area contributed by atoms with Crippen molar-refractivity contribution in [2.24, 2.45) is 0 Å². The average Bonchev–Trinajstić information content (AvgIpc) is 2.41. The van der Waals surface area contributed by atoms with E-state index in [-0.39, 0.29) is 5.69 Å². The summed E-state index contributed by atoms with van der Waals surface area (Å²) in [7, 11) is 0. The molecule has 0 unspecified atom stereocenters. The van der Waals surface area contributed by atoms with Crippen LogP contribution >= 0.6 is 0 Å². The molecule has 0 aliphatic carbocycles. The van der Waals surface area contributed by atoms with Crippen molar-refractivity contribution in [3.63, 3.8) is 0 Å². The zero-order chi connectivity index (χ0) is 13.7. The van der Waals surface area contributed by atoms with E-state index in [1.54, 1.807) is 18.3 Å². The molecule has 0 fully saturated rings. The fourth-order valence-corrected chi connectivity index (χ4v) is 1.71. The number of nitrogens with zero attached hydrogens (tertiary/aromatic N) is 2. The topological polar surface area (TPSA) is 65.3 Å². The van der Waals surface area contributed by atoms with Gasteiger partial charge in [-0.25, -0.2) is 0 Å². The van der Waals surface area contributed by atoms with E-state index in [9.17, 15) is 10.1 Å². The number of nitro benzene ring substituents is 1. The minimum atomic E-state index is -0.430. The highest BCUT2D eigenvalue weighted by Crippen LogP contribution is 2.17. The minimum Gasteiger partial charge on any atom is -0.493 e. The second-order valence-corrected chi connectivity index (χ2v) is 4.12. The summed E-state index contributed by atoms with van der Waals surface area (Å²) in [6, 6.07) is 9.97. The molecule has 19 heavy (non-hydrogen) atoms. The van der Waals surface area contributed by atoms with Crippen LogP contribution in [-0.2, 0) is 6.42 Å². The van der Waals surface area contributed by atoms with Gasteiger partial charge in [0.25, 0.3) is 5.69 Å². The van der Waals surface area contributed by atoms with E-state index >= 15 is 0 Å². The number of non-ortho nitro benzene ring substituents is 1. The van der Waals surface area contributed by atoms with Gasteiger partial charge in [0.1, 0.15) is 5.75 Å². The Labute approximate surface area is 111 Å². The summed E-state index contributed by atoms with van der Waals surface area (Å²) >= 11 is 0. The zero-order valence-electron chi connectivity index (χ0n) is 10.6. The molecule has 0 spiro atoms. The summed E-state index contributed by atoms with van der Waals surface area (Å²) in [5, 5.41) is 10.5. The van der Waals surface area contributed by atoms with Gasteiger partial charge < -0.3 is 4.74 Å². The lowest BCUT2D eigenvalue weighted by Gasteiger charge is -2.07. The van der Waals surface area contributed by atoms with E-state index in [0.29, 0.717) is 18.8 Å². The first-order chi connectivity index (χ1) is 9.16. The van der Waals surface area contributed by atoms with Gasteiger partial charge >= 0.3 is 0 Å². The van der Waals surface area contributed by atoms with Gasteiger partial charge in [-0.1, -0.05) is 6.07 Å². The summed E-state index contributed by atoms with van der Waals surface area (Å²) < 4.78 is 5.54. The Kier molecular flexibility index (Phi) is 4.07. The number of ether oxygens (including phenoxy) is 1. The van der Waals surface area contributed by atoms with Crippen LogP contribution in [0, 0.1) is 17.0 Å². The molecule has 0 aliphatic heterocycles. The largest absolute Gasteiger partial charge is 0.493 e. The first-order valence-corrected chi connectivity index (χ1v) is 5.94. The number of hydrogen-bond acceptors (Lipinski definition) is 4. The molecule has 0 saturated carbocycles. The van der Waals surface area contributed by atoms with Gasteiger partial charge in [0.15, 0.2) is 0 Å². The first kappa shape index (κ1) is 13.0. The molecule has 1 aromatic heterocycles. The molecule has 2 aromatic rings. The highest BCUT2D eigenvalue weighted by atomic mass is 16.6. The van der Waals surface area contributed by atoms with Crippen molar-refractivity contribution >= 4 is 5.69 Å². The van der Waals surface area contributed by atoms with Crippen LogP contribution in [0.4, 0.5) is 5.69 Å². The molecule has 0 radical (unpaired) electrons. The Hall–Kier alpha value is -2.43. The Morgan fingerprint density at radius 3 is 2.63 bits per heavy atom. The predicted octanol–water partition coefficient (Wildman–Crippen LogP) is 2.92. The van der Waals surface area contributed by atoms with Crippen LogP contribution in [0.3, 0.4) is 0 Å². The van der Waals surface area contributed by atoms with Gasteiger partial charge in [-0.05, 0) is 30.7 Å². The fraction of sp³-hybridized carbons (Fsp3) is 0.214. The summed E-state index contributed by atoms with van der Waals surface area (Å²) in [5.74, 6) is 0.624. The molecule has 0 N–H and O–H groups in total. The van der Waals surface area contributed by atoms with Crippen LogP contribution in [0.25, 0.3) is 0 Å². The van der Waals surface area contributed by atoms with Crippen LogP contribution in [0.15, 0.2) is 42.6 Å². The lowest BCUT2D eigenvalue weighted by atomic mass is 10.2. The van der Waals surface area contributed by atoms with Crippen LogP contribution in [0.5, 0.6) is 5.75 Å². The first-order valence-electron chi connectivity index (χ1n) is 5.94. The van der Waals surface area contributed by atoms with Gasteiger partial charge in [0.2, 0.25) is 0 Å². The Morgan fingerprint density at radius 1 is 1.26 bits per heavy atom. The Bertz CT molecular complexity index is 567. The second-order valence-electron chi connectivity index (χ2n) is 4.12. The zero-order valence-corrected chi connectivity index (χ0v) is 10.6. The Balaban J connectivity index is 1.89. The number of aromatic nitrogens is 1. The molecule has 0 bridgehead atoms. The summed E-state index contributed by atoms with van der Waals surface area (Å²) in [6.45, 7) is 2.50. The normalized spacial score (nSPS) is 10.2. The third-order valence-electron chi connectivity index (χ3n) is 2.77. The summed E-state index contributed by atoms with van der Waals surface area (Å²) in [4.78, 5) is 14.4. The number of aryl methyl sites for hydroxylation is 1. The quantitative estimate of drug-likeness (QED) is 0.611. The van der Waals surface area contributed by atoms with Gasteiger partial charge in [0.05, 0.1) is 11.5 Å². The van der Waals surface area contributed by atoms with Crippen molar-refractivity contribution in [3.05, 3.63) is 64.0 Å². The van der Waals surface area contributed by atoms with Crippen LogP contribution in [-0.4, -0.2) is 16.5 Å². The van der Waals surface area contributed by atoms with Crippen molar-refractivity contribution in [3.8, 4) is 5.75 Å². The van der Waals surface area contributed by atoms with Gasteiger partial charge in [-0.15, -0.1) is 0 Å². The Morgan fingerprint density at radius 2 is 2.00 bits per heavy atom. The van der Waals surface area contributed by atoms with Gasteiger partial charge in [0, 0.05) is 30.4 Å². The molecule has 5 nitrogen and oxygen atoms in total. The fourth-order valence-electron chi connectivity index (χ4n) is 1.71. The maximum absolute atomic E-state index is 10.5. The van der Waals surface area contributed by atoms with Gasteiger partial charge in [-0.2, -0.15) is 0 Å². The molecule has 2 rings (SSSR count). The third-order valence-corrected chi connectivity index (χ3v) is 2.77. The van der Waals surface area contributed by atoms with Crippen LogP contribution in [0.2, 0.25) is 0 Å². The molecule has 0 atom stereocenters. The molecular weight excluding hydrogens is 244 g/mol. The van der Waals surface area contributed by atoms with Crippen LogP contribution in [0.1, 0.15) is 11.3 Å². The highest BCUT2D eigenvalue weighted by Gasteiger charge is 2.04. The number of nitro groups is 1. The lowest BCUT2D eigenvalue weighted by molar-refractivity contribution is -0.384. The summed E-state index contributed by atoms with van der Waals surface area (Å²) in [5.41, 5.74) is 2.20. The van der Waals surface area contributed by atoms with Crippen molar-refractivity contribution in [1.82, 2.24) is 4.98 Å². The summed E-state index contributed by atoms with van der Waals surface area (Å²) in [6.07, 6.45) is 2.47. The SMILES string of the molecule is Cc1cccnc1CCOc1ccc([N+](=O)[O-])cc1. The van der Waals surface area contributed by atoms with E-state index in [2.05, 4.69) is 4.98 Å². The smallest absolute Gasteiger partial charge is 0.269 e. The second kappa shape index (κ2) is 5.95. The molecule has 98 valence electrons. The van der Waals surface area contributed by atoms with E-state index in [1.165, 1.54) is 12.1 Å². The van der Waals surface area contributed by atoms with Crippen molar-refractivity contribution < 1.29 is 9.66 Å². The minimum absolute atomic E-state index is 0.0629. The molecule has 5 heteroatoms. The third kappa shape index (κ3) is 3.51. The van der Waals surface area contributed by atoms with Crippen molar-refractivity contribution in [2.45, 2.75) is 13.3 Å². The lowest BCUT2D eigenvalue weighted by Crippen LogP contribution is -2.04. The highest BCUT2D eigenvalue weighted by molar-refractivity contribution is 5.36. The maximum atomic E-state index is 10.5. The molecular formula is C14H14N2O3. The molecule has 0 aliphatic rings. The van der Waals surface area contributed by atoms with E-state index in [0.717, 1.165) is 11.3 Å². The monoisotopic (exact) mass is 258 g/mol. The maximum Gasteiger partial charge on any atom is 0.269 e. The van der Waals surface area contributed by atoms with Crippen molar-refractivity contribution in [1.29, 1.82) is 0 Å². The number of rotatable bonds is 5. The number of benzene rings is 1. The molecule has 0 saturated heterocycles. The van der Waals surface area contributed by atoms with Gasteiger partial charge in [-0.3, -0.25) is 15.1 Å². The standard InChI is InChI=1S/C14H14N2O3/c1-11-3-2-9-15-14(11)8-10-19-13-6-4-12(5-7-13)16(17)18/h2-7,9H,8,10H2,1H3. The average molecular weight is 258 g/mol. The molecule has 1 heterocycles. The predicted molar refractivity (Wildman–Crippen MR) is 71.3 cm³/mol. The van der Waals surface area contributed by atoms with Crippen molar-refractivity contribution in [2.75, 3.05) is 6.61 Å². The van der Waals surface area contributed by atoms with E-state index in [1.807, 2.05) is 19.1 Å². The van der Waals surface area contributed by atoms with Crippen LogP contribution < -0.4 is 4.74 Å².